The summed E-state index contributed by atoms with van der Waals surface area (Å²) in [4.78, 5) is 0. The van der Waals surface area contributed by atoms with Gasteiger partial charge in [0, 0.05) is 20.1 Å². The Morgan fingerprint density at radius 2 is 1.73 bits per heavy atom. The molecule has 0 atom stereocenters. The molecular formula is C9H19O5P. The quantitative estimate of drug-likeness (QED) is 0.685. The summed E-state index contributed by atoms with van der Waals surface area (Å²) in [6.45, 7) is 5.62. The number of ether oxygens (including phenoxy) is 2. The monoisotopic (exact) mass is 238 g/mol. The Labute approximate surface area is 92.0 Å². The van der Waals surface area contributed by atoms with Crippen LogP contribution in [0.4, 0.5) is 0 Å². The summed E-state index contributed by atoms with van der Waals surface area (Å²) in [5.74, 6) is -0.225. The Hall–Kier alpha value is 0.230. The van der Waals surface area contributed by atoms with E-state index in [0.717, 1.165) is 0 Å². The molecule has 1 aliphatic rings. The van der Waals surface area contributed by atoms with Gasteiger partial charge in [0.2, 0.25) is 0 Å². The summed E-state index contributed by atoms with van der Waals surface area (Å²) in [5, 5.41) is 0. The molecule has 0 aliphatic carbocycles. The summed E-state index contributed by atoms with van der Waals surface area (Å²) < 4.78 is 26.4. The van der Waals surface area contributed by atoms with Gasteiger partial charge in [-0.25, -0.2) is 0 Å². The molecule has 1 heterocycles. The molecule has 0 bridgehead atoms. The van der Waals surface area contributed by atoms with Gasteiger partial charge in [-0.05, 0) is 13.8 Å². The van der Waals surface area contributed by atoms with E-state index in [9.17, 15) is 0 Å². The zero-order valence-electron chi connectivity index (χ0n) is 9.69. The summed E-state index contributed by atoms with van der Waals surface area (Å²) in [5.41, 5.74) is 0. The molecule has 90 valence electrons. The zero-order valence-corrected chi connectivity index (χ0v) is 10.6. The molecule has 0 aromatic heterocycles. The topological polar surface area (TPSA) is 46.2 Å². The average Bonchev–Trinajstić information content (AvgIpc) is 2.21. The largest absolute Gasteiger partial charge is 0.350 e. The molecule has 0 saturated carbocycles. The van der Waals surface area contributed by atoms with Gasteiger partial charge in [-0.3, -0.25) is 0 Å². The SMILES string of the molecule is COP(OC)OCC1COC(C)(C)OC1. The van der Waals surface area contributed by atoms with Crippen molar-refractivity contribution in [3.8, 4) is 0 Å². The average molecular weight is 238 g/mol. The second-order valence-electron chi connectivity index (χ2n) is 3.77. The highest BCUT2D eigenvalue weighted by atomic mass is 31.2. The van der Waals surface area contributed by atoms with Crippen molar-refractivity contribution in [1.82, 2.24) is 0 Å². The Morgan fingerprint density at radius 3 is 2.20 bits per heavy atom. The normalized spacial score (nSPS) is 22.2. The molecule has 15 heavy (non-hydrogen) atoms. The van der Waals surface area contributed by atoms with E-state index in [1.54, 1.807) is 14.2 Å². The Morgan fingerprint density at radius 1 is 1.20 bits per heavy atom. The van der Waals surface area contributed by atoms with Crippen LogP contribution in [0.1, 0.15) is 13.8 Å². The van der Waals surface area contributed by atoms with E-state index in [2.05, 4.69) is 0 Å². The minimum absolute atomic E-state index is 0.244. The lowest BCUT2D eigenvalue weighted by molar-refractivity contribution is -0.264. The van der Waals surface area contributed by atoms with Crippen molar-refractivity contribution in [2.24, 2.45) is 5.92 Å². The van der Waals surface area contributed by atoms with Gasteiger partial charge in [-0.1, -0.05) is 0 Å². The third-order valence-corrected chi connectivity index (χ3v) is 3.00. The Balaban J connectivity index is 2.18. The van der Waals surface area contributed by atoms with Crippen LogP contribution in [0, 0.1) is 5.92 Å². The molecule has 5 nitrogen and oxygen atoms in total. The molecule has 0 radical (unpaired) electrons. The van der Waals surface area contributed by atoms with E-state index in [1.807, 2.05) is 13.8 Å². The van der Waals surface area contributed by atoms with Crippen LogP contribution in [0.15, 0.2) is 0 Å². The molecule has 1 aliphatic heterocycles. The first-order chi connectivity index (χ1) is 7.07. The smallest absolute Gasteiger partial charge is 0.332 e. The zero-order chi connectivity index (χ0) is 11.3. The number of rotatable bonds is 5. The maximum Gasteiger partial charge on any atom is 0.332 e. The lowest BCUT2D eigenvalue weighted by Gasteiger charge is -2.34. The van der Waals surface area contributed by atoms with Gasteiger partial charge in [-0.2, -0.15) is 0 Å². The standard InChI is InChI=1S/C9H19O5P/c1-9(2)12-5-8(6-13-9)7-14-15(10-3)11-4/h8H,5-7H2,1-4H3. The first-order valence-electron chi connectivity index (χ1n) is 4.86. The first kappa shape index (κ1) is 13.3. The fourth-order valence-corrected chi connectivity index (χ4v) is 1.86. The van der Waals surface area contributed by atoms with Crippen LogP contribution in [0.5, 0.6) is 0 Å². The predicted molar refractivity (Wildman–Crippen MR) is 56.4 cm³/mol. The van der Waals surface area contributed by atoms with Crippen molar-refractivity contribution in [2.45, 2.75) is 19.6 Å². The van der Waals surface area contributed by atoms with Gasteiger partial charge in [0.15, 0.2) is 5.79 Å². The van der Waals surface area contributed by atoms with E-state index < -0.39 is 14.4 Å². The summed E-state index contributed by atoms with van der Waals surface area (Å²) in [7, 11) is 1.91. The Kier molecular flexibility index (Phi) is 5.39. The first-order valence-corrected chi connectivity index (χ1v) is 5.96. The minimum Gasteiger partial charge on any atom is -0.350 e. The second kappa shape index (κ2) is 6.09. The van der Waals surface area contributed by atoms with E-state index >= 15 is 0 Å². The fourth-order valence-electron chi connectivity index (χ4n) is 1.17. The number of hydrogen-bond acceptors (Lipinski definition) is 5. The van der Waals surface area contributed by atoms with Gasteiger partial charge >= 0.3 is 8.60 Å². The van der Waals surface area contributed by atoms with E-state index in [0.29, 0.717) is 19.8 Å². The molecule has 1 saturated heterocycles. The third kappa shape index (κ3) is 4.72. The number of hydrogen-bond donors (Lipinski definition) is 0. The van der Waals surface area contributed by atoms with Gasteiger partial charge in [0.25, 0.3) is 0 Å². The van der Waals surface area contributed by atoms with Crippen molar-refractivity contribution in [3.05, 3.63) is 0 Å². The molecule has 0 amide bonds. The van der Waals surface area contributed by atoms with E-state index in [-0.39, 0.29) is 5.92 Å². The van der Waals surface area contributed by atoms with Crippen molar-refractivity contribution in [2.75, 3.05) is 34.0 Å². The lowest BCUT2D eigenvalue weighted by atomic mass is 10.1. The molecule has 0 aromatic carbocycles. The van der Waals surface area contributed by atoms with Crippen molar-refractivity contribution in [1.29, 1.82) is 0 Å². The van der Waals surface area contributed by atoms with Crippen LogP contribution in [0.3, 0.4) is 0 Å². The maximum atomic E-state index is 5.50. The third-order valence-electron chi connectivity index (χ3n) is 2.05. The van der Waals surface area contributed by atoms with Crippen molar-refractivity contribution < 1.29 is 23.0 Å². The highest BCUT2D eigenvalue weighted by Gasteiger charge is 2.29. The van der Waals surface area contributed by atoms with Crippen LogP contribution >= 0.6 is 8.60 Å². The molecule has 1 rings (SSSR count). The Bertz CT molecular complexity index is 173. The molecule has 1 fully saturated rings. The van der Waals surface area contributed by atoms with E-state index in [4.69, 9.17) is 23.0 Å². The van der Waals surface area contributed by atoms with Crippen LogP contribution in [-0.2, 0) is 23.0 Å². The van der Waals surface area contributed by atoms with Gasteiger partial charge in [0.1, 0.15) is 0 Å². The molecule has 6 heteroatoms. The highest BCUT2D eigenvalue weighted by Crippen LogP contribution is 2.38. The molecule has 0 N–H and O–H groups in total. The van der Waals surface area contributed by atoms with Crippen LogP contribution in [0.2, 0.25) is 0 Å². The second-order valence-corrected chi connectivity index (χ2v) is 5.21. The van der Waals surface area contributed by atoms with Gasteiger partial charge in [-0.15, -0.1) is 0 Å². The van der Waals surface area contributed by atoms with Crippen LogP contribution in [0.25, 0.3) is 0 Å². The molecule has 0 spiro atoms. The molecule has 0 aromatic rings. The van der Waals surface area contributed by atoms with Crippen LogP contribution in [-0.4, -0.2) is 39.8 Å². The summed E-state index contributed by atoms with van der Waals surface area (Å²) in [6.07, 6.45) is 0. The lowest BCUT2D eigenvalue weighted by Crippen LogP contribution is -2.40. The van der Waals surface area contributed by atoms with Crippen molar-refractivity contribution >= 4 is 8.60 Å². The van der Waals surface area contributed by atoms with Crippen LogP contribution < -0.4 is 0 Å². The van der Waals surface area contributed by atoms with Crippen molar-refractivity contribution in [3.63, 3.8) is 0 Å². The molecular weight excluding hydrogens is 219 g/mol. The van der Waals surface area contributed by atoms with Gasteiger partial charge < -0.3 is 23.0 Å². The van der Waals surface area contributed by atoms with E-state index in [1.165, 1.54) is 0 Å². The summed E-state index contributed by atoms with van der Waals surface area (Å²) in [6, 6.07) is 0. The van der Waals surface area contributed by atoms with Gasteiger partial charge in [0.05, 0.1) is 19.8 Å². The molecule has 0 unspecified atom stereocenters. The fraction of sp³-hybridized carbons (Fsp3) is 1.00. The highest BCUT2D eigenvalue weighted by molar-refractivity contribution is 7.41. The predicted octanol–water partition coefficient (Wildman–Crippen LogP) is 1.92. The summed E-state index contributed by atoms with van der Waals surface area (Å²) >= 11 is 0. The maximum absolute atomic E-state index is 5.50. The minimum atomic E-state index is -1.22.